The van der Waals surface area contributed by atoms with E-state index in [0.29, 0.717) is 16.6 Å². The molecule has 0 radical (unpaired) electrons. The zero-order valence-electron chi connectivity index (χ0n) is 19.0. The van der Waals surface area contributed by atoms with Crippen LogP contribution in [0.25, 0.3) is 11.0 Å². The Hall–Kier alpha value is -4.18. The monoisotopic (exact) mass is 492 g/mol. The van der Waals surface area contributed by atoms with Gasteiger partial charge < -0.3 is 19.0 Å². The highest BCUT2D eigenvalue weighted by molar-refractivity contribution is 7.17. The first-order chi connectivity index (χ1) is 16.8. The molecule has 2 aromatic heterocycles. The van der Waals surface area contributed by atoms with Gasteiger partial charge in [0.2, 0.25) is 5.76 Å². The molecule has 9 nitrogen and oxygen atoms in total. The topological polar surface area (TPSA) is 119 Å². The number of thiazole rings is 1. The van der Waals surface area contributed by atoms with Gasteiger partial charge in [0.1, 0.15) is 10.5 Å². The van der Waals surface area contributed by atoms with E-state index in [-0.39, 0.29) is 50.5 Å². The Bertz CT molecular complexity index is 1560. The summed E-state index contributed by atoms with van der Waals surface area (Å²) in [5.74, 6) is -1.12. The van der Waals surface area contributed by atoms with Gasteiger partial charge in [-0.05, 0) is 43.7 Å². The number of benzene rings is 2. The number of phenolic OH excluding ortho intramolecular Hbond substituents is 1. The van der Waals surface area contributed by atoms with Gasteiger partial charge in [-0.2, -0.15) is 0 Å². The third-order valence-corrected chi connectivity index (χ3v) is 6.89. The number of hydrogen-bond donors (Lipinski definition) is 1. The summed E-state index contributed by atoms with van der Waals surface area (Å²) in [6.45, 7) is 3.54. The molecule has 4 aromatic rings. The van der Waals surface area contributed by atoms with E-state index in [9.17, 15) is 19.5 Å². The first kappa shape index (κ1) is 22.6. The van der Waals surface area contributed by atoms with Crippen LogP contribution in [-0.4, -0.2) is 35.7 Å². The second-order valence-corrected chi connectivity index (χ2v) is 8.79. The first-order valence-corrected chi connectivity index (χ1v) is 11.6. The van der Waals surface area contributed by atoms with Crippen LogP contribution in [0.1, 0.15) is 50.0 Å². The van der Waals surface area contributed by atoms with Gasteiger partial charge in [0.15, 0.2) is 22.1 Å². The smallest absolute Gasteiger partial charge is 0.350 e. The van der Waals surface area contributed by atoms with Crippen LogP contribution in [0, 0.1) is 6.92 Å². The number of carbonyl (C=O) groups is 2. The lowest BCUT2D eigenvalue weighted by atomic mass is 9.98. The van der Waals surface area contributed by atoms with Crippen molar-refractivity contribution in [1.82, 2.24) is 4.98 Å². The quantitative estimate of drug-likeness (QED) is 0.412. The fraction of sp³-hybridized carbons (Fsp3) is 0.200. The van der Waals surface area contributed by atoms with E-state index in [2.05, 4.69) is 4.98 Å². The molecule has 1 N–H and O–H groups in total. The predicted octanol–water partition coefficient (Wildman–Crippen LogP) is 4.20. The third kappa shape index (κ3) is 3.53. The molecule has 0 aliphatic carbocycles. The van der Waals surface area contributed by atoms with Crippen LogP contribution in [0.4, 0.5) is 5.13 Å². The molecule has 0 unspecified atom stereocenters. The minimum atomic E-state index is -0.923. The van der Waals surface area contributed by atoms with E-state index in [0.717, 1.165) is 11.3 Å². The average molecular weight is 493 g/mol. The van der Waals surface area contributed by atoms with Crippen molar-refractivity contribution in [2.75, 3.05) is 18.6 Å². The van der Waals surface area contributed by atoms with Crippen molar-refractivity contribution in [3.05, 3.63) is 80.1 Å². The maximum atomic E-state index is 13.7. The number of aromatic hydroxyl groups is 1. The number of para-hydroxylation sites is 1. The molecule has 1 aliphatic rings. The fourth-order valence-electron chi connectivity index (χ4n) is 4.17. The van der Waals surface area contributed by atoms with E-state index >= 15 is 0 Å². The maximum Gasteiger partial charge on any atom is 0.350 e. The van der Waals surface area contributed by atoms with Crippen LogP contribution < -0.4 is 15.1 Å². The largest absolute Gasteiger partial charge is 0.504 e. The second-order valence-electron chi connectivity index (χ2n) is 7.81. The SMILES string of the molecule is CCOC(=O)c1sc(N2C(=O)c3oc4ccccc4c(=O)c3[C@H]2c2ccc(O)c(OC)c2)nc1C. The minimum Gasteiger partial charge on any atom is -0.504 e. The number of esters is 1. The summed E-state index contributed by atoms with van der Waals surface area (Å²) in [7, 11) is 1.40. The average Bonchev–Trinajstić information content (AvgIpc) is 3.37. The number of rotatable bonds is 5. The molecule has 35 heavy (non-hydrogen) atoms. The molecule has 2 aromatic carbocycles. The van der Waals surface area contributed by atoms with E-state index in [1.807, 2.05) is 0 Å². The maximum absolute atomic E-state index is 13.7. The Morgan fingerprint density at radius 3 is 2.74 bits per heavy atom. The zero-order chi connectivity index (χ0) is 24.9. The number of aromatic nitrogens is 1. The van der Waals surface area contributed by atoms with Gasteiger partial charge in [0, 0.05) is 0 Å². The molecule has 0 fully saturated rings. The van der Waals surface area contributed by atoms with Crippen LogP contribution in [0.3, 0.4) is 0 Å². The zero-order valence-corrected chi connectivity index (χ0v) is 19.8. The van der Waals surface area contributed by atoms with Gasteiger partial charge >= 0.3 is 5.97 Å². The van der Waals surface area contributed by atoms with Gasteiger partial charge in [-0.3, -0.25) is 14.5 Å². The molecule has 1 amide bonds. The number of carbonyl (C=O) groups excluding carboxylic acids is 2. The van der Waals surface area contributed by atoms with Crippen LogP contribution >= 0.6 is 11.3 Å². The van der Waals surface area contributed by atoms with Crippen molar-refractivity contribution in [1.29, 1.82) is 0 Å². The number of aryl methyl sites for hydroxylation is 1. The van der Waals surface area contributed by atoms with Crippen LogP contribution in [0.2, 0.25) is 0 Å². The number of nitrogens with zero attached hydrogens (tertiary/aromatic N) is 2. The normalized spacial score (nSPS) is 14.9. The first-order valence-electron chi connectivity index (χ1n) is 10.8. The number of hydrogen-bond acceptors (Lipinski definition) is 9. The highest BCUT2D eigenvalue weighted by Gasteiger charge is 2.45. The molecule has 10 heteroatoms. The summed E-state index contributed by atoms with van der Waals surface area (Å²) in [5.41, 5.74) is 0.982. The lowest BCUT2D eigenvalue weighted by molar-refractivity contribution is 0.0531. The molecule has 1 atom stereocenters. The molecule has 0 saturated carbocycles. The molecule has 0 spiro atoms. The van der Waals surface area contributed by atoms with Crippen molar-refractivity contribution in [3.63, 3.8) is 0 Å². The molecular weight excluding hydrogens is 472 g/mol. The van der Waals surface area contributed by atoms with Crippen molar-refractivity contribution in [3.8, 4) is 11.5 Å². The van der Waals surface area contributed by atoms with Gasteiger partial charge in [-0.25, -0.2) is 9.78 Å². The number of methoxy groups -OCH3 is 1. The van der Waals surface area contributed by atoms with E-state index in [4.69, 9.17) is 13.9 Å². The second kappa shape index (κ2) is 8.55. The summed E-state index contributed by atoms with van der Waals surface area (Å²) in [6.07, 6.45) is 0. The minimum absolute atomic E-state index is 0.0902. The number of amides is 1. The fourth-order valence-corrected chi connectivity index (χ4v) is 5.16. The summed E-state index contributed by atoms with van der Waals surface area (Å²) < 4.78 is 16.3. The summed E-state index contributed by atoms with van der Waals surface area (Å²) in [6, 6.07) is 10.3. The van der Waals surface area contributed by atoms with Crippen LogP contribution in [0.15, 0.2) is 51.7 Å². The van der Waals surface area contributed by atoms with E-state index < -0.39 is 17.9 Å². The molecular formula is C25H20N2O7S. The Kier molecular flexibility index (Phi) is 5.52. The van der Waals surface area contributed by atoms with Crippen molar-refractivity contribution in [2.45, 2.75) is 19.9 Å². The number of anilines is 1. The lowest BCUT2D eigenvalue weighted by Gasteiger charge is -2.23. The molecule has 5 rings (SSSR count). The van der Waals surface area contributed by atoms with Crippen LogP contribution in [-0.2, 0) is 4.74 Å². The van der Waals surface area contributed by atoms with Gasteiger partial charge in [-0.15, -0.1) is 0 Å². The van der Waals surface area contributed by atoms with Crippen molar-refractivity contribution < 1.29 is 28.6 Å². The highest BCUT2D eigenvalue weighted by Crippen LogP contribution is 2.44. The third-order valence-electron chi connectivity index (χ3n) is 5.75. The standard InChI is InChI=1S/C25H20N2O7S/c1-4-33-24(31)22-12(2)26-25(35-22)27-19(13-9-10-15(28)17(11-13)32-3)18-20(29)14-7-5-6-8-16(14)34-21(18)23(27)30/h5-11,19,28H,4H2,1-3H3/t19-/m1/s1. The summed E-state index contributed by atoms with van der Waals surface area (Å²) in [4.78, 5) is 45.7. The Balaban J connectivity index is 1.76. The lowest BCUT2D eigenvalue weighted by Crippen LogP contribution is -2.29. The molecule has 0 saturated heterocycles. The molecule has 1 aliphatic heterocycles. The Labute approximate surface area is 203 Å². The number of ether oxygens (including phenoxy) is 2. The molecule has 178 valence electrons. The number of phenols is 1. The Morgan fingerprint density at radius 1 is 1.23 bits per heavy atom. The summed E-state index contributed by atoms with van der Waals surface area (Å²) >= 11 is 0.996. The molecule has 3 heterocycles. The van der Waals surface area contributed by atoms with Crippen molar-refractivity contribution >= 4 is 39.3 Å². The van der Waals surface area contributed by atoms with E-state index in [1.54, 1.807) is 50.2 Å². The number of fused-ring (bicyclic) bond motifs is 2. The van der Waals surface area contributed by atoms with Gasteiger partial charge in [-0.1, -0.05) is 29.5 Å². The van der Waals surface area contributed by atoms with Crippen molar-refractivity contribution in [2.24, 2.45) is 0 Å². The van der Waals surface area contributed by atoms with Gasteiger partial charge in [0.05, 0.1) is 36.4 Å². The van der Waals surface area contributed by atoms with Gasteiger partial charge in [0.25, 0.3) is 5.91 Å². The Morgan fingerprint density at radius 2 is 2.00 bits per heavy atom. The van der Waals surface area contributed by atoms with E-state index in [1.165, 1.54) is 18.1 Å². The predicted molar refractivity (Wildman–Crippen MR) is 129 cm³/mol. The summed E-state index contributed by atoms with van der Waals surface area (Å²) in [5, 5.41) is 10.7. The molecule has 0 bridgehead atoms. The van der Waals surface area contributed by atoms with Crippen LogP contribution in [0.5, 0.6) is 11.5 Å². The highest BCUT2D eigenvalue weighted by atomic mass is 32.1.